The van der Waals surface area contributed by atoms with E-state index in [1.54, 1.807) is 0 Å². The molecule has 0 aliphatic carbocycles. The molecule has 1 unspecified atom stereocenters. The minimum absolute atomic E-state index is 0.304. The average molecular weight is 423 g/mol. The summed E-state index contributed by atoms with van der Waals surface area (Å²) in [6.45, 7) is 11.1. The van der Waals surface area contributed by atoms with Gasteiger partial charge in [-0.05, 0) is 43.0 Å². The van der Waals surface area contributed by atoms with E-state index in [2.05, 4.69) is 65.0 Å². The highest BCUT2D eigenvalue weighted by Gasteiger charge is 2.35. The molecule has 1 aromatic carbocycles. The number of rotatable bonds is 10. The zero-order chi connectivity index (χ0) is 21.2. The molecular weight excluding hydrogens is 388 g/mol. The van der Waals surface area contributed by atoms with Crippen LogP contribution in [-0.2, 0) is 5.41 Å². The lowest BCUT2D eigenvalue weighted by molar-refractivity contribution is 0.134. The molecule has 1 aliphatic rings. The van der Waals surface area contributed by atoms with E-state index < -0.39 is 0 Å². The topological polar surface area (TPSA) is 43.2 Å². The molecule has 1 atom stereocenters. The highest BCUT2D eigenvalue weighted by Crippen LogP contribution is 2.36. The molecule has 5 heteroatoms. The van der Waals surface area contributed by atoms with Gasteiger partial charge in [-0.25, -0.2) is 4.98 Å². The summed E-state index contributed by atoms with van der Waals surface area (Å²) >= 11 is 1.84. The Morgan fingerprint density at radius 1 is 1.00 bits per heavy atom. The van der Waals surface area contributed by atoms with Gasteiger partial charge in [-0.3, -0.25) is 4.90 Å². The number of aromatic nitrogens is 1. The summed E-state index contributed by atoms with van der Waals surface area (Å²) in [4.78, 5) is 9.51. The Morgan fingerprint density at radius 3 is 2.27 bits per heavy atom. The first-order valence-corrected chi connectivity index (χ1v) is 12.1. The van der Waals surface area contributed by atoms with Crippen LogP contribution in [0.1, 0.15) is 32.3 Å². The summed E-state index contributed by atoms with van der Waals surface area (Å²) < 4.78 is 0. The predicted octanol–water partition coefficient (Wildman–Crippen LogP) is 4.69. The fraction of sp³-hybridized carbons (Fsp3) is 0.520. The van der Waals surface area contributed by atoms with Crippen molar-refractivity contribution in [2.45, 2.75) is 37.1 Å². The van der Waals surface area contributed by atoms with Crippen LogP contribution >= 0.6 is 11.8 Å². The molecule has 4 nitrogen and oxygen atoms in total. The molecular formula is C25H34N4S. The van der Waals surface area contributed by atoms with Gasteiger partial charge >= 0.3 is 0 Å². The maximum absolute atomic E-state index is 10.1. The molecule has 2 heterocycles. The van der Waals surface area contributed by atoms with Gasteiger partial charge in [-0.15, -0.1) is 11.8 Å². The number of benzene rings is 1. The molecule has 3 rings (SSSR count). The SMILES string of the molecule is CC(C)C(C#N)(CCCN1CCN(CCSc2ccccn2)CC1)c1ccccc1. The van der Waals surface area contributed by atoms with Gasteiger partial charge in [0.2, 0.25) is 0 Å². The van der Waals surface area contributed by atoms with Gasteiger partial charge < -0.3 is 4.90 Å². The van der Waals surface area contributed by atoms with Crippen LogP contribution < -0.4 is 0 Å². The lowest BCUT2D eigenvalue weighted by atomic mass is 9.70. The van der Waals surface area contributed by atoms with Crippen molar-refractivity contribution in [3.63, 3.8) is 0 Å². The third-order valence-electron chi connectivity index (χ3n) is 6.28. The van der Waals surface area contributed by atoms with E-state index in [0.717, 1.165) is 68.5 Å². The van der Waals surface area contributed by atoms with Gasteiger partial charge in [0.05, 0.1) is 16.5 Å². The lowest BCUT2D eigenvalue weighted by Crippen LogP contribution is -2.47. The molecule has 160 valence electrons. The van der Waals surface area contributed by atoms with E-state index in [0.29, 0.717) is 5.92 Å². The average Bonchev–Trinajstić information content (AvgIpc) is 2.79. The summed E-state index contributed by atoms with van der Waals surface area (Å²) in [7, 11) is 0. The third kappa shape index (κ3) is 6.07. The van der Waals surface area contributed by atoms with Crippen LogP contribution in [0.15, 0.2) is 59.8 Å². The van der Waals surface area contributed by atoms with Crippen molar-refractivity contribution in [3.05, 3.63) is 60.3 Å². The summed E-state index contributed by atoms with van der Waals surface area (Å²) in [5.74, 6) is 1.39. The molecule has 0 radical (unpaired) electrons. The molecule has 1 fully saturated rings. The van der Waals surface area contributed by atoms with Crippen molar-refractivity contribution in [2.75, 3.05) is 45.0 Å². The maximum atomic E-state index is 10.1. The number of piperazine rings is 1. The first-order valence-electron chi connectivity index (χ1n) is 11.1. The van der Waals surface area contributed by atoms with Gasteiger partial charge in [0.1, 0.15) is 0 Å². The van der Waals surface area contributed by atoms with Crippen LogP contribution in [-0.4, -0.2) is 59.8 Å². The van der Waals surface area contributed by atoms with Crippen LogP contribution in [0.3, 0.4) is 0 Å². The standard InChI is InChI=1S/C25H34N4S/c1-22(2)25(21-26,23-9-4-3-5-10-23)12-8-14-28-15-17-29(18-16-28)19-20-30-24-11-6-7-13-27-24/h3-7,9-11,13,22H,8,12,14-20H2,1-2H3. The highest BCUT2D eigenvalue weighted by atomic mass is 32.2. The van der Waals surface area contributed by atoms with Gasteiger partial charge in [0, 0.05) is 44.7 Å². The van der Waals surface area contributed by atoms with Crippen molar-refractivity contribution in [1.29, 1.82) is 5.26 Å². The summed E-state index contributed by atoms with van der Waals surface area (Å²) in [5, 5.41) is 11.2. The number of nitriles is 1. The van der Waals surface area contributed by atoms with Crippen molar-refractivity contribution in [3.8, 4) is 6.07 Å². The van der Waals surface area contributed by atoms with Crippen LogP contribution in [0.2, 0.25) is 0 Å². The smallest absolute Gasteiger partial charge is 0.0960 e. The summed E-state index contributed by atoms with van der Waals surface area (Å²) in [6.07, 6.45) is 3.85. The second-order valence-electron chi connectivity index (χ2n) is 8.41. The second-order valence-corrected chi connectivity index (χ2v) is 9.52. The molecule has 30 heavy (non-hydrogen) atoms. The van der Waals surface area contributed by atoms with Gasteiger partial charge in [-0.2, -0.15) is 5.26 Å². The van der Waals surface area contributed by atoms with Crippen LogP contribution in [0, 0.1) is 17.2 Å². The largest absolute Gasteiger partial charge is 0.301 e. The van der Waals surface area contributed by atoms with Crippen molar-refractivity contribution in [1.82, 2.24) is 14.8 Å². The molecule has 1 aliphatic heterocycles. The first kappa shape index (κ1) is 22.8. The Morgan fingerprint density at radius 2 is 1.67 bits per heavy atom. The third-order valence-corrected chi connectivity index (χ3v) is 7.20. The van der Waals surface area contributed by atoms with Crippen molar-refractivity contribution < 1.29 is 0 Å². The summed E-state index contributed by atoms with van der Waals surface area (Å²) in [6, 6.07) is 19.1. The molecule has 0 spiro atoms. The van der Waals surface area contributed by atoms with Gasteiger partial charge in [0.25, 0.3) is 0 Å². The van der Waals surface area contributed by atoms with E-state index in [1.165, 1.54) is 0 Å². The molecule has 0 amide bonds. The Kier molecular flexibility index (Phi) is 8.74. The second kappa shape index (κ2) is 11.5. The molecule has 0 bridgehead atoms. The van der Waals surface area contributed by atoms with E-state index in [9.17, 15) is 5.26 Å². The molecule has 0 saturated carbocycles. The number of hydrogen-bond donors (Lipinski definition) is 0. The van der Waals surface area contributed by atoms with E-state index in [1.807, 2.05) is 36.2 Å². The van der Waals surface area contributed by atoms with Crippen LogP contribution in [0.5, 0.6) is 0 Å². The predicted molar refractivity (Wildman–Crippen MR) is 126 cm³/mol. The number of thioether (sulfide) groups is 1. The number of hydrogen-bond acceptors (Lipinski definition) is 5. The Bertz CT molecular complexity index is 782. The normalized spacial score (nSPS) is 17.5. The van der Waals surface area contributed by atoms with Crippen LogP contribution in [0.25, 0.3) is 0 Å². The minimum Gasteiger partial charge on any atom is -0.301 e. The Labute approximate surface area is 186 Å². The zero-order valence-electron chi connectivity index (χ0n) is 18.3. The number of pyridine rings is 1. The maximum Gasteiger partial charge on any atom is 0.0960 e. The van der Waals surface area contributed by atoms with Crippen molar-refractivity contribution >= 4 is 11.8 Å². The van der Waals surface area contributed by atoms with Crippen LogP contribution in [0.4, 0.5) is 0 Å². The molecule has 2 aromatic rings. The van der Waals surface area contributed by atoms with E-state index >= 15 is 0 Å². The highest BCUT2D eigenvalue weighted by molar-refractivity contribution is 7.99. The van der Waals surface area contributed by atoms with E-state index in [4.69, 9.17) is 0 Å². The number of nitrogens with zero attached hydrogens (tertiary/aromatic N) is 4. The fourth-order valence-electron chi connectivity index (χ4n) is 4.28. The fourth-order valence-corrected chi connectivity index (χ4v) is 5.15. The summed E-state index contributed by atoms with van der Waals surface area (Å²) in [5.41, 5.74) is 0.781. The Hall–Kier alpha value is -1.87. The first-order chi connectivity index (χ1) is 14.6. The zero-order valence-corrected chi connectivity index (χ0v) is 19.2. The lowest BCUT2D eigenvalue weighted by Gasteiger charge is -2.36. The molecule has 1 saturated heterocycles. The minimum atomic E-state index is -0.383. The van der Waals surface area contributed by atoms with Gasteiger partial charge in [-0.1, -0.05) is 50.2 Å². The van der Waals surface area contributed by atoms with Crippen molar-refractivity contribution in [2.24, 2.45) is 5.92 Å². The molecule has 0 N–H and O–H groups in total. The monoisotopic (exact) mass is 422 g/mol. The Balaban J connectivity index is 1.40. The van der Waals surface area contributed by atoms with Gasteiger partial charge in [0.15, 0.2) is 0 Å². The van der Waals surface area contributed by atoms with E-state index in [-0.39, 0.29) is 5.41 Å². The quantitative estimate of drug-likeness (QED) is 0.520. The molecule has 1 aromatic heterocycles.